The Kier molecular flexibility index (Phi) is 4.50. The van der Waals surface area contributed by atoms with E-state index in [4.69, 9.17) is 0 Å². The lowest BCUT2D eigenvalue weighted by Crippen LogP contribution is -2.45. The SMILES string of the molecule is CS(=O)(=O)N(CC(=O)N[C@H]1C[C@H]2CC[C@H]1C2)c1ccc(F)c(F)c1. The molecule has 2 saturated carbocycles. The highest BCUT2D eigenvalue weighted by Gasteiger charge is 2.40. The number of amides is 1. The number of nitrogens with one attached hydrogen (secondary N) is 1. The Bertz CT molecular complexity index is 754. The summed E-state index contributed by atoms with van der Waals surface area (Å²) in [6, 6.07) is 2.85. The van der Waals surface area contributed by atoms with Gasteiger partial charge in [-0.2, -0.15) is 0 Å². The van der Waals surface area contributed by atoms with E-state index in [1.165, 1.54) is 6.42 Å². The van der Waals surface area contributed by atoms with Gasteiger partial charge in [-0.25, -0.2) is 17.2 Å². The summed E-state index contributed by atoms with van der Waals surface area (Å²) < 4.78 is 51.2. The Hall–Kier alpha value is -1.70. The van der Waals surface area contributed by atoms with Gasteiger partial charge in [0, 0.05) is 12.1 Å². The highest BCUT2D eigenvalue weighted by atomic mass is 32.2. The van der Waals surface area contributed by atoms with E-state index in [1.54, 1.807) is 0 Å². The molecule has 24 heavy (non-hydrogen) atoms. The first-order chi connectivity index (χ1) is 11.2. The lowest BCUT2D eigenvalue weighted by molar-refractivity contribution is -0.120. The van der Waals surface area contributed by atoms with Crippen molar-refractivity contribution in [3.63, 3.8) is 0 Å². The van der Waals surface area contributed by atoms with Gasteiger partial charge in [0.2, 0.25) is 15.9 Å². The predicted molar refractivity (Wildman–Crippen MR) is 85.9 cm³/mol. The molecule has 0 heterocycles. The first-order valence-electron chi connectivity index (χ1n) is 7.96. The summed E-state index contributed by atoms with van der Waals surface area (Å²) in [5, 5.41) is 2.90. The fourth-order valence-electron chi connectivity index (χ4n) is 3.84. The third kappa shape index (κ3) is 3.53. The molecule has 2 fully saturated rings. The quantitative estimate of drug-likeness (QED) is 0.876. The van der Waals surface area contributed by atoms with Crippen LogP contribution in [0.3, 0.4) is 0 Å². The number of nitrogens with zero attached hydrogens (tertiary/aromatic N) is 1. The molecule has 1 aromatic rings. The molecule has 0 spiro atoms. The molecule has 0 radical (unpaired) electrons. The molecule has 0 aliphatic heterocycles. The van der Waals surface area contributed by atoms with E-state index in [9.17, 15) is 22.0 Å². The van der Waals surface area contributed by atoms with Gasteiger partial charge < -0.3 is 5.32 Å². The second-order valence-electron chi connectivity index (χ2n) is 6.72. The number of benzene rings is 1. The van der Waals surface area contributed by atoms with Crippen molar-refractivity contribution in [1.29, 1.82) is 0 Å². The number of hydrogen-bond acceptors (Lipinski definition) is 3. The molecule has 1 amide bonds. The summed E-state index contributed by atoms with van der Waals surface area (Å²) in [5.74, 6) is -1.54. The Balaban J connectivity index is 1.72. The van der Waals surface area contributed by atoms with Crippen molar-refractivity contribution in [2.45, 2.75) is 31.7 Å². The van der Waals surface area contributed by atoms with Crippen molar-refractivity contribution in [2.75, 3.05) is 17.1 Å². The van der Waals surface area contributed by atoms with Crippen molar-refractivity contribution in [2.24, 2.45) is 11.8 Å². The van der Waals surface area contributed by atoms with Crippen LogP contribution in [0.15, 0.2) is 18.2 Å². The summed E-state index contributed by atoms with van der Waals surface area (Å²) >= 11 is 0. The molecule has 0 saturated heterocycles. The topological polar surface area (TPSA) is 66.5 Å². The van der Waals surface area contributed by atoms with Gasteiger partial charge in [-0.1, -0.05) is 6.42 Å². The molecule has 2 aliphatic carbocycles. The number of sulfonamides is 1. The predicted octanol–water partition coefficient (Wildman–Crippen LogP) is 2.04. The molecule has 8 heteroatoms. The van der Waals surface area contributed by atoms with E-state index in [0.717, 1.165) is 48.0 Å². The second-order valence-corrected chi connectivity index (χ2v) is 8.62. The molecule has 1 aromatic carbocycles. The Morgan fingerprint density at radius 2 is 2.00 bits per heavy atom. The summed E-state index contributed by atoms with van der Waals surface area (Å²) in [6.07, 6.45) is 5.26. The third-order valence-corrected chi connectivity index (χ3v) is 6.10. The van der Waals surface area contributed by atoms with Crippen LogP contribution in [-0.2, 0) is 14.8 Å². The number of carbonyl (C=O) groups is 1. The number of rotatable bonds is 5. The van der Waals surface area contributed by atoms with Gasteiger partial charge >= 0.3 is 0 Å². The van der Waals surface area contributed by atoms with Crippen LogP contribution in [0.1, 0.15) is 25.7 Å². The van der Waals surface area contributed by atoms with Gasteiger partial charge in [0.15, 0.2) is 11.6 Å². The summed E-state index contributed by atoms with van der Waals surface area (Å²) in [4.78, 5) is 12.3. The van der Waals surface area contributed by atoms with E-state index < -0.39 is 34.1 Å². The minimum absolute atomic E-state index is 0.0699. The number of fused-ring (bicyclic) bond motifs is 2. The molecule has 1 N–H and O–H groups in total. The van der Waals surface area contributed by atoms with E-state index in [-0.39, 0.29) is 11.7 Å². The van der Waals surface area contributed by atoms with E-state index in [0.29, 0.717) is 11.8 Å². The maximum atomic E-state index is 13.4. The Labute approximate surface area is 140 Å². The lowest BCUT2D eigenvalue weighted by atomic mass is 9.95. The maximum Gasteiger partial charge on any atom is 0.241 e. The van der Waals surface area contributed by atoms with Gasteiger partial charge in [0.05, 0.1) is 11.9 Å². The second kappa shape index (κ2) is 6.31. The van der Waals surface area contributed by atoms with Gasteiger partial charge in [-0.15, -0.1) is 0 Å². The monoisotopic (exact) mass is 358 g/mol. The summed E-state index contributed by atoms with van der Waals surface area (Å²) in [7, 11) is -3.80. The zero-order valence-corrected chi connectivity index (χ0v) is 14.2. The molecule has 3 atom stereocenters. The molecule has 3 rings (SSSR count). The molecular formula is C16H20F2N2O3S. The highest BCUT2D eigenvalue weighted by Crippen LogP contribution is 2.44. The van der Waals surface area contributed by atoms with Crippen molar-refractivity contribution in [3.8, 4) is 0 Å². The Morgan fingerprint density at radius 3 is 2.54 bits per heavy atom. The zero-order valence-electron chi connectivity index (χ0n) is 13.3. The minimum Gasteiger partial charge on any atom is -0.352 e. The molecule has 2 bridgehead atoms. The average Bonchev–Trinajstić information content (AvgIpc) is 3.09. The summed E-state index contributed by atoms with van der Waals surface area (Å²) in [5.41, 5.74) is -0.0699. The average molecular weight is 358 g/mol. The maximum absolute atomic E-state index is 13.4. The number of anilines is 1. The van der Waals surface area contributed by atoms with Crippen LogP contribution in [0.2, 0.25) is 0 Å². The largest absolute Gasteiger partial charge is 0.352 e. The lowest BCUT2D eigenvalue weighted by Gasteiger charge is -2.26. The Morgan fingerprint density at radius 1 is 1.25 bits per heavy atom. The van der Waals surface area contributed by atoms with Crippen molar-refractivity contribution >= 4 is 21.6 Å². The standard InChI is InChI=1S/C16H20F2N2O3S/c1-24(22,23)20(12-4-5-13(17)14(18)8-12)9-16(21)19-15-7-10-2-3-11(15)6-10/h4-5,8,10-11,15H,2-3,6-7,9H2,1H3,(H,19,21)/t10-,11-,15-/m0/s1. The van der Waals surface area contributed by atoms with E-state index >= 15 is 0 Å². The van der Waals surface area contributed by atoms with Crippen molar-refractivity contribution in [1.82, 2.24) is 5.32 Å². The van der Waals surface area contributed by atoms with E-state index in [1.807, 2.05) is 0 Å². The number of carbonyl (C=O) groups excluding carboxylic acids is 1. The minimum atomic E-state index is -3.80. The fourth-order valence-corrected chi connectivity index (χ4v) is 4.69. The number of halogens is 2. The van der Waals surface area contributed by atoms with Crippen LogP contribution in [0.4, 0.5) is 14.5 Å². The molecular weight excluding hydrogens is 338 g/mol. The fraction of sp³-hybridized carbons (Fsp3) is 0.562. The number of hydrogen-bond donors (Lipinski definition) is 1. The summed E-state index contributed by atoms with van der Waals surface area (Å²) in [6.45, 7) is -0.447. The van der Waals surface area contributed by atoms with Crippen LogP contribution >= 0.6 is 0 Å². The normalized spacial score (nSPS) is 25.7. The van der Waals surface area contributed by atoms with Gasteiger partial charge in [-0.3, -0.25) is 9.10 Å². The highest BCUT2D eigenvalue weighted by molar-refractivity contribution is 7.92. The van der Waals surface area contributed by atoms with Gasteiger partial charge in [-0.05, 0) is 43.2 Å². The van der Waals surface area contributed by atoms with Crippen molar-refractivity contribution in [3.05, 3.63) is 29.8 Å². The first-order valence-corrected chi connectivity index (χ1v) is 9.81. The van der Waals surface area contributed by atoms with Gasteiger partial charge in [0.25, 0.3) is 0 Å². The van der Waals surface area contributed by atoms with Crippen LogP contribution in [0.25, 0.3) is 0 Å². The molecule has 5 nitrogen and oxygen atoms in total. The smallest absolute Gasteiger partial charge is 0.241 e. The van der Waals surface area contributed by atoms with Crippen LogP contribution in [0.5, 0.6) is 0 Å². The zero-order chi connectivity index (χ0) is 17.5. The third-order valence-electron chi connectivity index (χ3n) is 4.96. The first kappa shape index (κ1) is 17.1. The van der Waals surface area contributed by atoms with Crippen molar-refractivity contribution < 1.29 is 22.0 Å². The molecule has 0 unspecified atom stereocenters. The molecule has 0 aromatic heterocycles. The van der Waals surface area contributed by atoms with Crippen LogP contribution in [0, 0.1) is 23.5 Å². The molecule has 132 valence electrons. The van der Waals surface area contributed by atoms with E-state index in [2.05, 4.69) is 5.32 Å². The van der Waals surface area contributed by atoms with Crippen LogP contribution < -0.4 is 9.62 Å². The molecule has 2 aliphatic rings. The van der Waals surface area contributed by atoms with Gasteiger partial charge in [0.1, 0.15) is 6.54 Å². The van der Waals surface area contributed by atoms with Crippen LogP contribution in [-0.4, -0.2) is 33.2 Å².